The Balaban J connectivity index is 1.09. The molecule has 0 amide bonds. The second kappa shape index (κ2) is 18.9. The third-order valence-electron chi connectivity index (χ3n) is 15.1. The van der Waals surface area contributed by atoms with E-state index in [1.165, 1.54) is 39.2 Å². The zero-order valence-corrected chi connectivity index (χ0v) is 45.0. The number of benzene rings is 8. The van der Waals surface area contributed by atoms with E-state index < -0.39 is 0 Å². The Morgan fingerprint density at radius 1 is 0.427 bits per heavy atom. The third kappa shape index (κ3) is 9.26. The van der Waals surface area contributed by atoms with Crippen molar-refractivity contribution >= 4 is 21.8 Å². The molecule has 5 nitrogen and oxygen atoms in total. The maximum absolute atomic E-state index is 7.14. The van der Waals surface area contributed by atoms with Crippen molar-refractivity contribution in [1.29, 1.82) is 0 Å². The fraction of sp³-hybridized carbons (Fsp3) is 0.200. The van der Waals surface area contributed by atoms with Gasteiger partial charge in [-0.1, -0.05) is 215 Å². The second-order valence-electron chi connectivity index (χ2n) is 23.2. The molecule has 0 aliphatic carbocycles. The fourth-order valence-corrected chi connectivity index (χ4v) is 11.0. The van der Waals surface area contributed by atoms with Gasteiger partial charge in [-0.25, -0.2) is 4.98 Å². The quantitative estimate of drug-likeness (QED) is 0.0956. The summed E-state index contributed by atoms with van der Waals surface area (Å²) in [7, 11) is 0. The topological polar surface area (TPSA) is 35.9 Å². The molecule has 8 aromatic carbocycles. The van der Waals surface area contributed by atoms with Crippen molar-refractivity contribution < 1.29 is 9.30 Å². The summed E-state index contributed by atoms with van der Waals surface area (Å²) in [6.07, 6.45) is 5.96. The van der Waals surface area contributed by atoms with Crippen LogP contribution in [0.4, 0.5) is 0 Å². The number of pyridine rings is 1. The molecule has 0 saturated carbocycles. The molecule has 0 fully saturated rings. The lowest BCUT2D eigenvalue weighted by Gasteiger charge is -2.31. The normalized spacial score (nSPS) is 12.4. The number of imidazole rings is 1. The number of para-hydroxylation sites is 1. The maximum atomic E-state index is 7.14. The second-order valence-corrected chi connectivity index (χ2v) is 23.2. The van der Waals surface area contributed by atoms with E-state index in [1.807, 2.05) is 6.20 Å². The monoisotopic (exact) mass is 979 g/mol. The summed E-state index contributed by atoms with van der Waals surface area (Å²) in [6, 6.07) is 76.0. The number of nitrogens with zero attached hydrogens (tertiary/aromatic N) is 4. The molecule has 372 valence electrons. The summed E-state index contributed by atoms with van der Waals surface area (Å²) in [5.41, 5.74) is 14.8. The largest absolute Gasteiger partial charge is 0.458 e. The minimum atomic E-state index is -0.294. The molecular weight excluding hydrogens is 913 g/mol. The molecule has 0 saturated heterocycles. The van der Waals surface area contributed by atoms with Gasteiger partial charge >= 0.3 is 0 Å². The van der Waals surface area contributed by atoms with E-state index in [0.717, 1.165) is 67.2 Å². The minimum Gasteiger partial charge on any atom is -0.458 e. The minimum absolute atomic E-state index is 0.237. The van der Waals surface area contributed by atoms with Crippen LogP contribution < -0.4 is 9.30 Å². The predicted octanol–water partition coefficient (Wildman–Crippen LogP) is 17.4. The Morgan fingerprint density at radius 2 is 0.987 bits per heavy atom. The highest BCUT2D eigenvalue weighted by Crippen LogP contribution is 2.42. The first-order valence-corrected chi connectivity index (χ1v) is 26.3. The van der Waals surface area contributed by atoms with Crippen molar-refractivity contribution in [1.82, 2.24) is 14.1 Å². The van der Waals surface area contributed by atoms with Crippen LogP contribution in [0.1, 0.15) is 103 Å². The van der Waals surface area contributed by atoms with Gasteiger partial charge in [-0.15, -0.1) is 0 Å². The lowest BCUT2D eigenvalue weighted by Crippen LogP contribution is -2.41. The van der Waals surface area contributed by atoms with Crippen LogP contribution in [0.25, 0.3) is 61.3 Å². The van der Waals surface area contributed by atoms with Crippen LogP contribution in [-0.4, -0.2) is 14.1 Å². The number of hydrogen-bond donors (Lipinski definition) is 0. The molecular formula is C70H66N4O. The molecule has 75 heavy (non-hydrogen) atoms. The van der Waals surface area contributed by atoms with Crippen molar-refractivity contribution in [2.24, 2.45) is 0 Å². The van der Waals surface area contributed by atoms with Gasteiger partial charge in [-0.2, -0.15) is 0 Å². The van der Waals surface area contributed by atoms with Crippen molar-refractivity contribution in [3.05, 3.63) is 258 Å². The molecule has 0 bridgehead atoms. The zero-order chi connectivity index (χ0) is 52.3. The number of ether oxygens (including phenoxy) is 1. The van der Waals surface area contributed by atoms with E-state index in [1.54, 1.807) is 0 Å². The van der Waals surface area contributed by atoms with Crippen LogP contribution >= 0.6 is 0 Å². The average molecular weight is 979 g/mol. The van der Waals surface area contributed by atoms with Gasteiger partial charge in [0.05, 0.1) is 33.8 Å². The van der Waals surface area contributed by atoms with Gasteiger partial charge < -0.3 is 4.74 Å². The average Bonchev–Trinajstić information content (AvgIpc) is 4.05. The Bertz CT molecular complexity index is 3850. The van der Waals surface area contributed by atoms with E-state index in [0.29, 0.717) is 0 Å². The zero-order valence-electron chi connectivity index (χ0n) is 45.0. The Labute approximate surface area is 443 Å². The SMILES string of the molecule is CC(C)(C)c1c(C(C)(C)C)[n+](-c2cc(-c3ccccc3)cc(C(C)(C)c3ccccc3)c2)[c-]n1-c1cc(Oc2ccc3c4ccccc4n(-c4cc(C(C)(C)c5ccccc5)ccn4)c3c2)cc(-c2ccccc2)c1. The molecule has 11 aromatic rings. The molecule has 0 unspecified atom stereocenters. The van der Waals surface area contributed by atoms with Gasteiger partial charge in [-0.3, -0.25) is 13.7 Å². The van der Waals surface area contributed by atoms with Gasteiger partial charge in [0.1, 0.15) is 17.3 Å². The number of rotatable bonds is 11. The first kappa shape index (κ1) is 49.0. The van der Waals surface area contributed by atoms with E-state index in [-0.39, 0.29) is 21.7 Å². The smallest absolute Gasteiger partial charge is 0.269 e. The van der Waals surface area contributed by atoms with Crippen LogP contribution in [0.3, 0.4) is 0 Å². The summed E-state index contributed by atoms with van der Waals surface area (Å²) in [4.78, 5) is 5.03. The molecule has 0 aliphatic heterocycles. The summed E-state index contributed by atoms with van der Waals surface area (Å²) in [5, 5.41) is 2.29. The Hall–Kier alpha value is -8.28. The lowest BCUT2D eigenvalue weighted by molar-refractivity contribution is -0.611. The van der Waals surface area contributed by atoms with Crippen molar-refractivity contribution in [2.45, 2.75) is 90.9 Å². The third-order valence-corrected chi connectivity index (χ3v) is 15.1. The van der Waals surface area contributed by atoms with E-state index in [2.05, 4.69) is 302 Å². The standard InChI is InChI=1S/C70H66N4O/c1-67(2,3)65-66(68(4,5)6)73(47-72(65)56-40-50(48-25-15-11-16-26-48)39-55(43-56)70(9,10)53-31-21-14-22-32-53)57-41-51(49-27-17-12-18-28-49)42-59(45-57)75-58-35-36-61-60-33-23-24-34-62(60)74(63(61)46-58)64-44-54(37-38-71-64)69(7,8)52-29-19-13-20-30-52/h11-46H,1-10H3. The fourth-order valence-electron chi connectivity index (χ4n) is 11.0. The summed E-state index contributed by atoms with van der Waals surface area (Å²) >= 11 is 0. The van der Waals surface area contributed by atoms with Gasteiger partial charge in [0.2, 0.25) is 0 Å². The van der Waals surface area contributed by atoms with Gasteiger partial charge in [0.25, 0.3) is 6.33 Å². The summed E-state index contributed by atoms with van der Waals surface area (Å²) < 4.78 is 14.1. The van der Waals surface area contributed by atoms with Crippen molar-refractivity contribution in [3.63, 3.8) is 0 Å². The van der Waals surface area contributed by atoms with Gasteiger partial charge in [0.15, 0.2) is 0 Å². The highest BCUT2D eigenvalue weighted by Gasteiger charge is 2.35. The van der Waals surface area contributed by atoms with E-state index in [9.17, 15) is 0 Å². The highest BCUT2D eigenvalue weighted by molar-refractivity contribution is 6.09. The predicted molar refractivity (Wildman–Crippen MR) is 310 cm³/mol. The first-order chi connectivity index (χ1) is 35.9. The van der Waals surface area contributed by atoms with Crippen molar-refractivity contribution in [2.75, 3.05) is 0 Å². The molecule has 3 aromatic heterocycles. The molecule has 0 spiro atoms. The number of aromatic nitrogens is 4. The van der Waals surface area contributed by atoms with Crippen LogP contribution in [0, 0.1) is 6.33 Å². The Morgan fingerprint density at radius 3 is 1.60 bits per heavy atom. The van der Waals surface area contributed by atoms with Crippen LogP contribution in [0.5, 0.6) is 11.5 Å². The molecule has 5 heteroatoms. The molecule has 0 N–H and O–H groups in total. The van der Waals surface area contributed by atoms with E-state index >= 15 is 0 Å². The number of fused-ring (bicyclic) bond motifs is 3. The van der Waals surface area contributed by atoms with Crippen LogP contribution in [0.15, 0.2) is 219 Å². The van der Waals surface area contributed by atoms with E-state index in [4.69, 9.17) is 9.72 Å². The molecule has 3 heterocycles. The molecule has 0 aliphatic rings. The Kier molecular flexibility index (Phi) is 12.3. The van der Waals surface area contributed by atoms with Gasteiger partial charge in [0, 0.05) is 33.9 Å². The summed E-state index contributed by atoms with van der Waals surface area (Å²) in [6.45, 7) is 23.1. The van der Waals surface area contributed by atoms with Gasteiger partial charge in [-0.05, 0) is 116 Å². The molecule has 11 rings (SSSR count). The lowest BCUT2D eigenvalue weighted by atomic mass is 9.77. The molecule has 0 atom stereocenters. The van der Waals surface area contributed by atoms with Crippen LogP contribution in [0.2, 0.25) is 0 Å². The molecule has 0 radical (unpaired) electrons. The van der Waals surface area contributed by atoms with Crippen LogP contribution in [-0.2, 0) is 21.7 Å². The first-order valence-electron chi connectivity index (χ1n) is 26.3. The maximum Gasteiger partial charge on any atom is 0.269 e. The number of hydrogen-bond acceptors (Lipinski definition) is 2. The van der Waals surface area contributed by atoms with Crippen molar-refractivity contribution in [3.8, 4) is 50.9 Å². The summed E-state index contributed by atoms with van der Waals surface area (Å²) in [5.74, 6) is 2.31. The highest BCUT2D eigenvalue weighted by atomic mass is 16.5.